The fourth-order valence-corrected chi connectivity index (χ4v) is 3.09. The zero-order chi connectivity index (χ0) is 12.3. The van der Waals surface area contributed by atoms with Gasteiger partial charge in [-0.05, 0) is 25.2 Å². The zero-order valence-corrected chi connectivity index (χ0v) is 10.4. The first-order valence-corrected chi connectivity index (χ1v) is 6.44. The lowest BCUT2D eigenvalue weighted by atomic mass is 9.63. The number of likely N-dealkylation sites (tertiary alicyclic amines) is 1. The molecule has 0 aromatic rings. The molecule has 2 rings (SSSR count). The van der Waals surface area contributed by atoms with Crippen LogP contribution < -0.4 is 0 Å². The molecule has 2 aliphatic rings. The van der Waals surface area contributed by atoms with E-state index in [1.54, 1.807) is 0 Å². The minimum absolute atomic E-state index is 0.0113. The molecule has 1 saturated heterocycles. The van der Waals surface area contributed by atoms with Crippen molar-refractivity contribution >= 4 is 5.91 Å². The number of nitriles is 1. The number of carbonyl (C=O) groups excluding carboxylic acids is 1. The Balaban J connectivity index is 1.97. The highest BCUT2D eigenvalue weighted by Crippen LogP contribution is 2.51. The lowest BCUT2D eigenvalue weighted by Crippen LogP contribution is -2.39. The third kappa shape index (κ3) is 2.30. The van der Waals surface area contributed by atoms with Crippen LogP contribution in [0.1, 0.15) is 32.6 Å². The van der Waals surface area contributed by atoms with Gasteiger partial charge < -0.3 is 9.64 Å². The van der Waals surface area contributed by atoms with E-state index in [1.165, 1.54) is 19.3 Å². The first-order valence-electron chi connectivity index (χ1n) is 6.44. The number of nitrogens with zero attached hydrogens (tertiary/aromatic N) is 2. The van der Waals surface area contributed by atoms with Crippen LogP contribution in [0.4, 0.5) is 0 Å². The molecule has 1 spiro atoms. The number of ether oxygens (including phenoxy) is 1. The second kappa shape index (κ2) is 5.05. The summed E-state index contributed by atoms with van der Waals surface area (Å²) < 4.78 is 5.53. The smallest absolute Gasteiger partial charge is 0.236 e. The summed E-state index contributed by atoms with van der Waals surface area (Å²) in [6.45, 7) is 5.11. The van der Waals surface area contributed by atoms with Crippen molar-refractivity contribution in [2.75, 3.05) is 26.3 Å². The summed E-state index contributed by atoms with van der Waals surface area (Å²) in [6, 6.07) is 1.94. The van der Waals surface area contributed by atoms with Gasteiger partial charge in [0.25, 0.3) is 0 Å². The van der Waals surface area contributed by atoms with Crippen LogP contribution >= 0.6 is 0 Å². The molecule has 0 aromatic heterocycles. The molecule has 1 saturated carbocycles. The van der Waals surface area contributed by atoms with Gasteiger partial charge in [0.05, 0.1) is 12.7 Å². The van der Waals surface area contributed by atoms with Crippen molar-refractivity contribution in [1.82, 2.24) is 4.90 Å². The summed E-state index contributed by atoms with van der Waals surface area (Å²) in [5, 5.41) is 8.58. The number of rotatable bonds is 4. The highest BCUT2D eigenvalue weighted by molar-refractivity contribution is 5.78. The van der Waals surface area contributed by atoms with Gasteiger partial charge in [-0.1, -0.05) is 6.42 Å². The molecule has 2 fully saturated rings. The van der Waals surface area contributed by atoms with Crippen LogP contribution in [-0.4, -0.2) is 37.1 Å². The van der Waals surface area contributed by atoms with Gasteiger partial charge in [0.1, 0.15) is 6.42 Å². The maximum atomic E-state index is 11.8. The molecule has 1 aliphatic carbocycles. The van der Waals surface area contributed by atoms with Crippen molar-refractivity contribution in [3.8, 4) is 6.07 Å². The first kappa shape index (κ1) is 12.4. The maximum Gasteiger partial charge on any atom is 0.236 e. The van der Waals surface area contributed by atoms with E-state index in [0.29, 0.717) is 11.3 Å². The summed E-state index contributed by atoms with van der Waals surface area (Å²) >= 11 is 0. The standard InChI is InChI=1S/C13H20N2O2/c1-2-17-9-11-8-15(12(16)4-7-14)10-13(11)5-3-6-13/h11H,2-6,8-10H2,1H3. The van der Waals surface area contributed by atoms with Crippen LogP contribution in [0.2, 0.25) is 0 Å². The fourth-order valence-electron chi connectivity index (χ4n) is 3.09. The topological polar surface area (TPSA) is 53.3 Å². The fraction of sp³-hybridized carbons (Fsp3) is 0.846. The van der Waals surface area contributed by atoms with E-state index in [4.69, 9.17) is 10.00 Å². The monoisotopic (exact) mass is 236 g/mol. The first-order chi connectivity index (χ1) is 8.22. The van der Waals surface area contributed by atoms with Crippen molar-refractivity contribution < 1.29 is 9.53 Å². The van der Waals surface area contributed by atoms with Crippen LogP contribution in [-0.2, 0) is 9.53 Å². The maximum absolute atomic E-state index is 11.8. The average molecular weight is 236 g/mol. The molecule has 4 heteroatoms. The quantitative estimate of drug-likeness (QED) is 0.744. The molecule has 0 radical (unpaired) electrons. The molecule has 94 valence electrons. The summed E-state index contributed by atoms with van der Waals surface area (Å²) in [6.07, 6.45) is 3.70. The molecule has 1 amide bonds. The van der Waals surface area contributed by atoms with Crippen molar-refractivity contribution in [3.05, 3.63) is 0 Å². The Morgan fingerprint density at radius 3 is 2.88 bits per heavy atom. The van der Waals surface area contributed by atoms with E-state index < -0.39 is 0 Å². The molecule has 1 heterocycles. The van der Waals surface area contributed by atoms with Gasteiger partial charge >= 0.3 is 0 Å². The van der Waals surface area contributed by atoms with Gasteiger partial charge in [0.15, 0.2) is 0 Å². The third-order valence-corrected chi connectivity index (χ3v) is 4.27. The van der Waals surface area contributed by atoms with Gasteiger partial charge in [-0.2, -0.15) is 5.26 Å². The Hall–Kier alpha value is -1.08. The van der Waals surface area contributed by atoms with Crippen molar-refractivity contribution in [2.45, 2.75) is 32.6 Å². The van der Waals surface area contributed by atoms with Crippen LogP contribution in [0.3, 0.4) is 0 Å². The van der Waals surface area contributed by atoms with Crippen molar-refractivity contribution in [1.29, 1.82) is 5.26 Å². The molecule has 0 N–H and O–H groups in total. The van der Waals surface area contributed by atoms with Gasteiger partial charge in [0.2, 0.25) is 5.91 Å². The largest absolute Gasteiger partial charge is 0.381 e. The molecule has 0 aromatic carbocycles. The summed E-state index contributed by atoms with van der Waals surface area (Å²) in [5.74, 6) is 0.455. The molecular formula is C13H20N2O2. The van der Waals surface area contributed by atoms with Crippen LogP contribution in [0.25, 0.3) is 0 Å². The normalized spacial score (nSPS) is 25.6. The lowest BCUT2D eigenvalue weighted by Gasteiger charge is -2.42. The van der Waals surface area contributed by atoms with Gasteiger partial charge in [-0.15, -0.1) is 0 Å². The second-order valence-corrected chi connectivity index (χ2v) is 5.18. The van der Waals surface area contributed by atoms with Crippen LogP contribution in [0.5, 0.6) is 0 Å². The third-order valence-electron chi connectivity index (χ3n) is 4.27. The molecule has 4 nitrogen and oxygen atoms in total. The minimum atomic E-state index is -0.0160. The van der Waals surface area contributed by atoms with E-state index >= 15 is 0 Å². The van der Waals surface area contributed by atoms with Crippen LogP contribution in [0.15, 0.2) is 0 Å². The molecule has 1 aliphatic heterocycles. The van der Waals surface area contributed by atoms with E-state index in [2.05, 4.69) is 0 Å². The van der Waals surface area contributed by atoms with Crippen molar-refractivity contribution in [2.24, 2.45) is 11.3 Å². The summed E-state index contributed by atoms with van der Waals surface area (Å²) in [7, 11) is 0. The Bertz CT molecular complexity index is 331. The number of amides is 1. The van der Waals surface area contributed by atoms with E-state index in [0.717, 1.165) is 26.3 Å². The second-order valence-electron chi connectivity index (χ2n) is 5.18. The Morgan fingerprint density at radius 2 is 2.35 bits per heavy atom. The Morgan fingerprint density at radius 1 is 1.59 bits per heavy atom. The number of hydrogen-bond acceptors (Lipinski definition) is 3. The molecule has 1 unspecified atom stereocenters. The SMILES string of the molecule is CCOCC1CN(C(=O)CC#N)CC12CCC2. The molecule has 0 bridgehead atoms. The lowest BCUT2D eigenvalue weighted by molar-refractivity contribution is -0.129. The Kier molecular flexibility index (Phi) is 3.68. The molecule has 17 heavy (non-hydrogen) atoms. The minimum Gasteiger partial charge on any atom is -0.381 e. The zero-order valence-electron chi connectivity index (χ0n) is 10.4. The number of hydrogen-bond donors (Lipinski definition) is 0. The van der Waals surface area contributed by atoms with Crippen molar-refractivity contribution in [3.63, 3.8) is 0 Å². The van der Waals surface area contributed by atoms with Crippen LogP contribution in [0, 0.1) is 22.7 Å². The highest BCUT2D eigenvalue weighted by Gasteiger charge is 2.51. The van der Waals surface area contributed by atoms with E-state index in [1.807, 2.05) is 17.9 Å². The highest BCUT2D eigenvalue weighted by atomic mass is 16.5. The Labute approximate surface area is 103 Å². The molecule has 1 atom stereocenters. The number of carbonyl (C=O) groups is 1. The van der Waals surface area contributed by atoms with E-state index in [9.17, 15) is 4.79 Å². The van der Waals surface area contributed by atoms with Gasteiger partial charge in [0, 0.05) is 25.6 Å². The van der Waals surface area contributed by atoms with E-state index in [-0.39, 0.29) is 12.3 Å². The predicted molar refractivity (Wildman–Crippen MR) is 63.1 cm³/mol. The van der Waals surface area contributed by atoms with Gasteiger partial charge in [-0.3, -0.25) is 4.79 Å². The summed E-state index contributed by atoms with van der Waals surface area (Å²) in [5.41, 5.74) is 0.306. The predicted octanol–water partition coefficient (Wildman–Crippen LogP) is 1.57. The summed E-state index contributed by atoms with van der Waals surface area (Å²) in [4.78, 5) is 13.6. The average Bonchev–Trinajstić information content (AvgIpc) is 2.66. The van der Waals surface area contributed by atoms with Gasteiger partial charge in [-0.25, -0.2) is 0 Å². The molecular weight excluding hydrogens is 216 g/mol.